The number of morpholine rings is 1. The maximum absolute atomic E-state index is 13.1. The lowest BCUT2D eigenvalue weighted by molar-refractivity contribution is -0.148. The molecule has 0 saturated carbocycles. The molecule has 0 bridgehead atoms. The summed E-state index contributed by atoms with van der Waals surface area (Å²) in [6, 6.07) is -0.0850. The molecular weight excluding hydrogens is 370 g/mol. The zero-order valence-corrected chi connectivity index (χ0v) is 17.2. The van der Waals surface area contributed by atoms with Gasteiger partial charge in [0.05, 0.1) is 24.9 Å². The lowest BCUT2D eigenvalue weighted by atomic mass is 9.98. The van der Waals surface area contributed by atoms with Gasteiger partial charge in [-0.05, 0) is 32.4 Å². The van der Waals surface area contributed by atoms with Crippen LogP contribution in [0.5, 0.6) is 0 Å². The smallest absolute Gasteiger partial charge is 0.223 e. The summed E-state index contributed by atoms with van der Waals surface area (Å²) < 4.78 is 9.77. The van der Waals surface area contributed by atoms with Crippen molar-refractivity contribution >= 4 is 5.91 Å². The molecule has 2 atom stereocenters. The van der Waals surface area contributed by atoms with Crippen molar-refractivity contribution in [3.8, 4) is 0 Å². The topological polar surface area (TPSA) is 81.3 Å². The van der Waals surface area contributed by atoms with Crippen LogP contribution in [0, 0.1) is 0 Å². The van der Waals surface area contributed by atoms with Crippen molar-refractivity contribution in [2.75, 3.05) is 32.8 Å². The van der Waals surface area contributed by atoms with Crippen molar-refractivity contribution in [1.29, 1.82) is 0 Å². The first-order chi connectivity index (χ1) is 14.2. The molecular formula is C20H31N7O2. The van der Waals surface area contributed by atoms with Crippen LogP contribution in [0.1, 0.15) is 43.7 Å². The predicted molar refractivity (Wildman–Crippen MR) is 107 cm³/mol. The second kappa shape index (κ2) is 9.49. The van der Waals surface area contributed by atoms with E-state index in [9.17, 15) is 4.79 Å². The summed E-state index contributed by atoms with van der Waals surface area (Å²) in [6.45, 7) is 5.01. The minimum absolute atomic E-state index is 0.0229. The highest BCUT2D eigenvalue weighted by molar-refractivity contribution is 5.77. The van der Waals surface area contributed by atoms with Crippen molar-refractivity contribution < 1.29 is 9.53 Å². The Hall–Kier alpha value is -2.26. The molecule has 2 saturated heterocycles. The number of hydrogen-bond acceptors (Lipinski definition) is 6. The quantitative estimate of drug-likeness (QED) is 0.695. The average molecular weight is 402 g/mol. The van der Waals surface area contributed by atoms with Crippen LogP contribution < -0.4 is 0 Å². The van der Waals surface area contributed by atoms with Gasteiger partial charge in [0.2, 0.25) is 5.91 Å². The Balaban J connectivity index is 1.45. The van der Waals surface area contributed by atoms with Crippen LogP contribution in [-0.2, 0) is 23.1 Å². The van der Waals surface area contributed by atoms with Crippen LogP contribution in [0.15, 0.2) is 25.0 Å². The van der Waals surface area contributed by atoms with E-state index in [0.717, 1.165) is 31.6 Å². The Morgan fingerprint density at radius 2 is 2.07 bits per heavy atom. The number of aromatic nitrogens is 5. The van der Waals surface area contributed by atoms with Gasteiger partial charge in [0.1, 0.15) is 12.7 Å². The molecule has 0 unspecified atom stereocenters. The number of amides is 1. The Morgan fingerprint density at radius 1 is 1.21 bits per heavy atom. The molecule has 0 N–H and O–H groups in total. The van der Waals surface area contributed by atoms with Crippen LogP contribution in [0.3, 0.4) is 0 Å². The second-order valence-electron chi connectivity index (χ2n) is 8.01. The van der Waals surface area contributed by atoms with Crippen molar-refractivity contribution in [3.05, 3.63) is 30.6 Å². The zero-order chi connectivity index (χ0) is 20.1. The number of piperidine rings is 1. The first kappa shape index (κ1) is 20.0. The van der Waals surface area contributed by atoms with E-state index in [2.05, 4.69) is 20.1 Å². The summed E-state index contributed by atoms with van der Waals surface area (Å²) in [5, 5.41) is 8.47. The van der Waals surface area contributed by atoms with Crippen LogP contribution in [0.2, 0.25) is 0 Å². The Bertz CT molecular complexity index is 770. The summed E-state index contributed by atoms with van der Waals surface area (Å²) >= 11 is 0. The summed E-state index contributed by atoms with van der Waals surface area (Å²) in [6.07, 6.45) is 12.1. The molecule has 9 nitrogen and oxygen atoms in total. The normalized spacial score (nSPS) is 23.4. The summed E-state index contributed by atoms with van der Waals surface area (Å²) in [7, 11) is 1.91. The number of aryl methyl sites for hydroxylation is 2. The highest BCUT2D eigenvalue weighted by Crippen LogP contribution is 2.31. The molecule has 158 valence electrons. The molecule has 4 heterocycles. The van der Waals surface area contributed by atoms with E-state index < -0.39 is 0 Å². The molecule has 2 aromatic rings. The molecule has 0 radical (unpaired) electrons. The first-order valence-electron chi connectivity index (χ1n) is 10.6. The van der Waals surface area contributed by atoms with Crippen LogP contribution in [0.25, 0.3) is 0 Å². The monoisotopic (exact) mass is 401 g/mol. The zero-order valence-electron chi connectivity index (χ0n) is 17.2. The van der Waals surface area contributed by atoms with Gasteiger partial charge < -0.3 is 14.5 Å². The molecule has 2 aliphatic rings. The molecule has 9 heteroatoms. The van der Waals surface area contributed by atoms with Gasteiger partial charge in [-0.1, -0.05) is 6.42 Å². The molecule has 4 rings (SSSR count). The Morgan fingerprint density at radius 3 is 2.79 bits per heavy atom. The number of carbonyl (C=O) groups is 1. The van der Waals surface area contributed by atoms with Crippen molar-refractivity contribution in [1.82, 2.24) is 34.3 Å². The number of hydrogen-bond donors (Lipinski definition) is 0. The fourth-order valence-electron chi connectivity index (χ4n) is 4.43. The van der Waals surface area contributed by atoms with Crippen LogP contribution >= 0.6 is 0 Å². The number of likely N-dealkylation sites (tertiary alicyclic amines) is 1. The van der Waals surface area contributed by atoms with Gasteiger partial charge in [0.15, 0.2) is 0 Å². The van der Waals surface area contributed by atoms with Gasteiger partial charge in [0, 0.05) is 44.9 Å². The van der Waals surface area contributed by atoms with E-state index in [-0.39, 0.29) is 18.1 Å². The number of rotatable bonds is 7. The summed E-state index contributed by atoms with van der Waals surface area (Å²) in [4.78, 5) is 21.6. The largest absolute Gasteiger partial charge is 0.373 e. The standard InChI is InChI=1S/C20H31N7O2/c1-24-13-17(12-22-24)20-18(14-25-7-3-2-4-8-25)29-11-10-27(20)19(28)6-5-9-26-16-21-15-23-26/h12-13,15-16,18,20H,2-11,14H2,1H3/t18-,20-/m0/s1. The fourth-order valence-corrected chi connectivity index (χ4v) is 4.43. The van der Waals surface area contributed by atoms with E-state index in [1.54, 1.807) is 15.7 Å². The van der Waals surface area contributed by atoms with Crippen LogP contribution in [0.4, 0.5) is 0 Å². The minimum atomic E-state index is -0.0850. The van der Waals surface area contributed by atoms with Gasteiger partial charge in [-0.25, -0.2) is 4.98 Å². The molecule has 29 heavy (non-hydrogen) atoms. The molecule has 0 spiro atoms. The molecule has 2 fully saturated rings. The van der Waals surface area contributed by atoms with E-state index >= 15 is 0 Å². The third kappa shape index (κ3) is 5.02. The molecule has 2 aromatic heterocycles. The van der Waals surface area contributed by atoms with E-state index in [0.29, 0.717) is 26.1 Å². The van der Waals surface area contributed by atoms with E-state index in [4.69, 9.17) is 4.74 Å². The third-order valence-electron chi connectivity index (χ3n) is 5.87. The second-order valence-corrected chi connectivity index (χ2v) is 8.01. The number of carbonyl (C=O) groups excluding carboxylic acids is 1. The third-order valence-corrected chi connectivity index (χ3v) is 5.87. The Kier molecular flexibility index (Phi) is 6.56. The average Bonchev–Trinajstić information content (AvgIpc) is 3.40. The fraction of sp³-hybridized carbons (Fsp3) is 0.700. The molecule has 1 amide bonds. The van der Waals surface area contributed by atoms with Crippen molar-refractivity contribution in [2.24, 2.45) is 7.05 Å². The van der Waals surface area contributed by atoms with Crippen LogP contribution in [-0.4, -0.2) is 79.1 Å². The van der Waals surface area contributed by atoms with Gasteiger partial charge in [-0.3, -0.25) is 14.2 Å². The highest BCUT2D eigenvalue weighted by atomic mass is 16.5. The summed E-state index contributed by atoms with van der Waals surface area (Å²) in [5.74, 6) is 0.172. The predicted octanol–water partition coefficient (Wildman–Crippen LogP) is 1.25. The molecule has 0 aliphatic carbocycles. The first-order valence-corrected chi connectivity index (χ1v) is 10.6. The number of nitrogens with zero attached hydrogens (tertiary/aromatic N) is 7. The van der Waals surface area contributed by atoms with E-state index in [1.807, 2.05) is 24.3 Å². The minimum Gasteiger partial charge on any atom is -0.373 e. The van der Waals surface area contributed by atoms with Crippen molar-refractivity contribution in [3.63, 3.8) is 0 Å². The lowest BCUT2D eigenvalue weighted by Gasteiger charge is -2.43. The van der Waals surface area contributed by atoms with Gasteiger partial charge in [0.25, 0.3) is 0 Å². The van der Waals surface area contributed by atoms with Gasteiger partial charge >= 0.3 is 0 Å². The molecule has 2 aliphatic heterocycles. The lowest BCUT2D eigenvalue weighted by Crippen LogP contribution is -2.52. The van der Waals surface area contributed by atoms with E-state index in [1.165, 1.54) is 25.6 Å². The Labute approximate surface area is 171 Å². The van der Waals surface area contributed by atoms with Gasteiger partial charge in [-0.2, -0.15) is 10.2 Å². The maximum Gasteiger partial charge on any atom is 0.223 e. The molecule has 0 aromatic carbocycles. The summed E-state index contributed by atoms with van der Waals surface area (Å²) in [5.41, 5.74) is 1.05. The SMILES string of the molecule is Cn1cc([C@H]2[C@H](CN3CCCCC3)OCCN2C(=O)CCCn2cncn2)cn1. The highest BCUT2D eigenvalue weighted by Gasteiger charge is 2.37. The van der Waals surface area contributed by atoms with Gasteiger partial charge in [-0.15, -0.1) is 0 Å². The number of ether oxygens (including phenoxy) is 1. The van der Waals surface area contributed by atoms with Crippen molar-refractivity contribution in [2.45, 2.75) is 50.8 Å². The maximum atomic E-state index is 13.1.